The number of allylic oxidation sites excluding steroid dienone is 1. The number of aryl methyl sites for hydroxylation is 1. The Kier molecular flexibility index (Phi) is 6.63. The third-order valence-corrected chi connectivity index (χ3v) is 3.06. The van der Waals surface area contributed by atoms with Crippen molar-refractivity contribution in [1.82, 2.24) is 14.9 Å². The van der Waals surface area contributed by atoms with Gasteiger partial charge in [0, 0.05) is 19.3 Å². The van der Waals surface area contributed by atoms with Crippen LogP contribution in [0.4, 0.5) is 0 Å². The third kappa shape index (κ3) is 4.73. The summed E-state index contributed by atoms with van der Waals surface area (Å²) >= 11 is 0. The average Bonchev–Trinajstić information content (AvgIpc) is 2.74. The normalized spacial score (nSPS) is 12.6. The molecule has 1 aromatic rings. The third-order valence-electron chi connectivity index (χ3n) is 3.06. The molecule has 3 heteroatoms. The summed E-state index contributed by atoms with van der Waals surface area (Å²) in [4.78, 5) is 4.19. The molecule has 0 amide bonds. The second-order valence-corrected chi connectivity index (χ2v) is 4.47. The minimum absolute atomic E-state index is 0.441. The number of nitrogens with zero attached hydrogens (tertiary/aromatic N) is 2. The van der Waals surface area contributed by atoms with E-state index in [0.29, 0.717) is 6.04 Å². The quantitative estimate of drug-likeness (QED) is 0.526. The van der Waals surface area contributed by atoms with E-state index in [4.69, 9.17) is 0 Å². The smallest absolute Gasteiger partial charge is 0.0946 e. The second kappa shape index (κ2) is 8.07. The number of unbranched alkanes of at least 4 members (excludes halogenated alkanes) is 3. The van der Waals surface area contributed by atoms with E-state index >= 15 is 0 Å². The van der Waals surface area contributed by atoms with E-state index in [1.165, 1.54) is 31.4 Å². The van der Waals surface area contributed by atoms with Crippen molar-refractivity contribution in [3.05, 3.63) is 30.9 Å². The van der Waals surface area contributed by atoms with E-state index in [0.717, 1.165) is 13.0 Å². The van der Waals surface area contributed by atoms with Crippen LogP contribution in [0.25, 0.3) is 0 Å². The van der Waals surface area contributed by atoms with Gasteiger partial charge in [-0.3, -0.25) is 0 Å². The Morgan fingerprint density at radius 2 is 2.29 bits per heavy atom. The SMILES string of the molecule is C=CCCCCCC(NCC)c1cncn1C. The van der Waals surface area contributed by atoms with Gasteiger partial charge in [0.1, 0.15) is 0 Å². The van der Waals surface area contributed by atoms with Crippen molar-refractivity contribution in [2.45, 2.75) is 45.1 Å². The van der Waals surface area contributed by atoms with Gasteiger partial charge in [-0.1, -0.05) is 25.8 Å². The van der Waals surface area contributed by atoms with Crippen LogP contribution in [0.5, 0.6) is 0 Å². The molecule has 0 saturated carbocycles. The minimum atomic E-state index is 0.441. The van der Waals surface area contributed by atoms with Crippen molar-refractivity contribution in [2.24, 2.45) is 7.05 Å². The van der Waals surface area contributed by atoms with Crippen LogP contribution < -0.4 is 5.32 Å². The first-order chi connectivity index (χ1) is 8.29. The molecule has 0 aliphatic rings. The Labute approximate surface area is 105 Å². The highest BCUT2D eigenvalue weighted by Gasteiger charge is 2.12. The maximum atomic E-state index is 4.19. The fourth-order valence-electron chi connectivity index (χ4n) is 2.12. The first-order valence-corrected chi connectivity index (χ1v) is 6.60. The number of hydrogen-bond acceptors (Lipinski definition) is 2. The molecule has 1 heterocycles. The summed E-state index contributed by atoms with van der Waals surface area (Å²) in [5, 5.41) is 3.54. The zero-order chi connectivity index (χ0) is 12.5. The molecule has 17 heavy (non-hydrogen) atoms. The van der Waals surface area contributed by atoms with E-state index < -0.39 is 0 Å². The van der Waals surface area contributed by atoms with Gasteiger partial charge in [0.15, 0.2) is 0 Å². The summed E-state index contributed by atoms with van der Waals surface area (Å²) in [6, 6.07) is 0.441. The van der Waals surface area contributed by atoms with Crippen LogP contribution in [-0.4, -0.2) is 16.1 Å². The molecule has 1 aromatic heterocycles. The van der Waals surface area contributed by atoms with Crippen molar-refractivity contribution >= 4 is 0 Å². The summed E-state index contributed by atoms with van der Waals surface area (Å²) in [6.45, 7) is 6.91. The monoisotopic (exact) mass is 235 g/mol. The van der Waals surface area contributed by atoms with Gasteiger partial charge in [0.2, 0.25) is 0 Å². The molecule has 0 radical (unpaired) electrons. The maximum absolute atomic E-state index is 4.19. The molecule has 1 unspecified atom stereocenters. The topological polar surface area (TPSA) is 29.9 Å². The van der Waals surface area contributed by atoms with E-state index in [9.17, 15) is 0 Å². The molecule has 1 N–H and O–H groups in total. The van der Waals surface area contributed by atoms with E-state index in [-0.39, 0.29) is 0 Å². The van der Waals surface area contributed by atoms with Crippen molar-refractivity contribution in [2.75, 3.05) is 6.54 Å². The van der Waals surface area contributed by atoms with E-state index in [1.807, 2.05) is 18.6 Å². The Balaban J connectivity index is 2.39. The Morgan fingerprint density at radius 3 is 2.88 bits per heavy atom. The number of nitrogens with one attached hydrogen (secondary N) is 1. The highest BCUT2D eigenvalue weighted by Crippen LogP contribution is 2.19. The molecule has 0 aliphatic heterocycles. The molecule has 0 saturated heterocycles. The Morgan fingerprint density at radius 1 is 1.47 bits per heavy atom. The first-order valence-electron chi connectivity index (χ1n) is 6.60. The van der Waals surface area contributed by atoms with Crippen LogP contribution >= 0.6 is 0 Å². The van der Waals surface area contributed by atoms with Gasteiger partial charge in [-0.2, -0.15) is 0 Å². The summed E-state index contributed by atoms with van der Waals surface area (Å²) < 4.78 is 2.11. The minimum Gasteiger partial charge on any atom is -0.336 e. The van der Waals surface area contributed by atoms with Gasteiger partial charge in [-0.15, -0.1) is 6.58 Å². The van der Waals surface area contributed by atoms with E-state index in [2.05, 4.69) is 35.4 Å². The van der Waals surface area contributed by atoms with Crippen LogP contribution in [0.3, 0.4) is 0 Å². The van der Waals surface area contributed by atoms with E-state index in [1.54, 1.807) is 0 Å². The van der Waals surface area contributed by atoms with Gasteiger partial charge in [0.05, 0.1) is 12.0 Å². The lowest BCUT2D eigenvalue weighted by Gasteiger charge is -2.18. The second-order valence-electron chi connectivity index (χ2n) is 4.47. The van der Waals surface area contributed by atoms with Gasteiger partial charge in [0.25, 0.3) is 0 Å². The number of imidazole rings is 1. The van der Waals surface area contributed by atoms with Crippen LogP contribution in [-0.2, 0) is 7.05 Å². The lowest BCUT2D eigenvalue weighted by molar-refractivity contribution is 0.464. The Bertz CT molecular complexity index is 317. The molecule has 0 fully saturated rings. The Hall–Kier alpha value is -1.09. The molecule has 1 atom stereocenters. The largest absolute Gasteiger partial charge is 0.336 e. The summed E-state index contributed by atoms with van der Waals surface area (Å²) in [5.74, 6) is 0. The predicted molar refractivity (Wildman–Crippen MR) is 72.9 cm³/mol. The van der Waals surface area contributed by atoms with Gasteiger partial charge in [-0.25, -0.2) is 4.98 Å². The molecule has 0 spiro atoms. The highest BCUT2D eigenvalue weighted by atomic mass is 15.1. The molecule has 96 valence electrons. The number of rotatable bonds is 9. The molecule has 0 aromatic carbocycles. The van der Waals surface area contributed by atoms with Gasteiger partial charge < -0.3 is 9.88 Å². The fourth-order valence-corrected chi connectivity index (χ4v) is 2.12. The average molecular weight is 235 g/mol. The molecule has 1 rings (SSSR count). The van der Waals surface area contributed by atoms with Crippen LogP contribution in [0, 0.1) is 0 Å². The standard InChI is InChI=1S/C14H25N3/c1-4-6-7-8-9-10-13(16-5-2)14-11-15-12-17(14)3/h4,11-13,16H,1,5-10H2,2-3H3. The first kappa shape index (κ1) is 14.0. The number of aromatic nitrogens is 2. The predicted octanol–water partition coefficient (Wildman–Crippen LogP) is 3.21. The van der Waals surface area contributed by atoms with Crippen LogP contribution in [0.2, 0.25) is 0 Å². The van der Waals surface area contributed by atoms with Crippen molar-refractivity contribution in [1.29, 1.82) is 0 Å². The molecular formula is C14H25N3. The zero-order valence-electron chi connectivity index (χ0n) is 11.2. The van der Waals surface area contributed by atoms with Crippen molar-refractivity contribution in [3.8, 4) is 0 Å². The highest BCUT2D eigenvalue weighted by molar-refractivity contribution is 5.04. The maximum Gasteiger partial charge on any atom is 0.0946 e. The fraction of sp³-hybridized carbons (Fsp3) is 0.643. The van der Waals surface area contributed by atoms with Crippen LogP contribution in [0.1, 0.15) is 50.8 Å². The zero-order valence-corrected chi connectivity index (χ0v) is 11.2. The van der Waals surface area contributed by atoms with Gasteiger partial charge >= 0.3 is 0 Å². The summed E-state index contributed by atoms with van der Waals surface area (Å²) in [6.07, 6.45) is 12.0. The molecular weight excluding hydrogens is 210 g/mol. The molecule has 0 aliphatic carbocycles. The lowest BCUT2D eigenvalue weighted by Crippen LogP contribution is -2.22. The van der Waals surface area contributed by atoms with Crippen molar-refractivity contribution in [3.63, 3.8) is 0 Å². The summed E-state index contributed by atoms with van der Waals surface area (Å²) in [7, 11) is 2.06. The lowest BCUT2D eigenvalue weighted by atomic mass is 10.0. The summed E-state index contributed by atoms with van der Waals surface area (Å²) in [5.41, 5.74) is 1.29. The molecule has 0 bridgehead atoms. The van der Waals surface area contributed by atoms with Crippen molar-refractivity contribution < 1.29 is 0 Å². The number of hydrogen-bond donors (Lipinski definition) is 1. The van der Waals surface area contributed by atoms with Gasteiger partial charge in [-0.05, 0) is 25.8 Å². The molecule has 3 nitrogen and oxygen atoms in total. The van der Waals surface area contributed by atoms with Crippen LogP contribution in [0.15, 0.2) is 25.2 Å².